The first kappa shape index (κ1) is 16.7. The van der Waals surface area contributed by atoms with Crippen LogP contribution in [0.4, 0.5) is 4.39 Å². The zero-order chi connectivity index (χ0) is 17.2. The van der Waals surface area contributed by atoms with Gasteiger partial charge in [0, 0.05) is 57.4 Å². The van der Waals surface area contributed by atoms with Crippen LogP contribution in [0.2, 0.25) is 0 Å². The fraction of sp³-hybridized carbons (Fsp3) is 0.429. The lowest BCUT2D eigenvalue weighted by Gasteiger charge is -2.46. The van der Waals surface area contributed by atoms with E-state index in [-0.39, 0.29) is 5.82 Å². The molecule has 2 aliphatic rings. The molecule has 0 unspecified atom stereocenters. The third kappa shape index (κ3) is 3.76. The van der Waals surface area contributed by atoms with Gasteiger partial charge in [0.2, 0.25) is 0 Å². The van der Waals surface area contributed by atoms with Gasteiger partial charge < -0.3 is 4.90 Å². The lowest BCUT2D eigenvalue weighted by molar-refractivity contribution is 0.0175. The Morgan fingerprint density at radius 1 is 0.920 bits per heavy atom. The smallest absolute Gasteiger partial charge is 0.131 e. The SMILES string of the molecule is CN1CCN2CCN(Cc3ccc(-c4ccccc4F)cc3)C[C@@H]2C1. The maximum Gasteiger partial charge on any atom is 0.131 e. The van der Waals surface area contributed by atoms with Crippen molar-refractivity contribution in [2.24, 2.45) is 0 Å². The van der Waals surface area contributed by atoms with E-state index < -0.39 is 0 Å². The van der Waals surface area contributed by atoms with Crippen LogP contribution in [0.15, 0.2) is 48.5 Å². The number of likely N-dealkylation sites (N-methyl/N-ethyl adjacent to an activating group) is 1. The molecular formula is C21H26FN3. The van der Waals surface area contributed by atoms with Gasteiger partial charge in [-0.2, -0.15) is 0 Å². The largest absolute Gasteiger partial charge is 0.303 e. The minimum absolute atomic E-state index is 0.159. The molecule has 2 heterocycles. The van der Waals surface area contributed by atoms with Crippen LogP contribution in [-0.4, -0.2) is 67.1 Å². The molecule has 2 aromatic rings. The highest BCUT2D eigenvalue weighted by Crippen LogP contribution is 2.23. The third-order valence-corrected chi connectivity index (χ3v) is 5.53. The van der Waals surface area contributed by atoms with E-state index in [1.807, 2.05) is 24.3 Å². The molecule has 2 fully saturated rings. The molecule has 25 heavy (non-hydrogen) atoms. The number of piperazine rings is 2. The summed E-state index contributed by atoms with van der Waals surface area (Å²) in [5.74, 6) is -0.159. The molecule has 3 nitrogen and oxygen atoms in total. The van der Waals surface area contributed by atoms with Crippen LogP contribution < -0.4 is 0 Å². The Balaban J connectivity index is 1.41. The van der Waals surface area contributed by atoms with Gasteiger partial charge in [0.1, 0.15) is 5.82 Å². The molecule has 1 atom stereocenters. The number of rotatable bonds is 3. The van der Waals surface area contributed by atoms with Crippen molar-refractivity contribution in [3.05, 3.63) is 59.9 Å². The monoisotopic (exact) mass is 339 g/mol. The van der Waals surface area contributed by atoms with Crippen LogP contribution in [0.3, 0.4) is 0 Å². The van der Waals surface area contributed by atoms with Crippen molar-refractivity contribution >= 4 is 0 Å². The first-order chi connectivity index (χ1) is 12.2. The number of benzene rings is 2. The summed E-state index contributed by atoms with van der Waals surface area (Å²) in [6, 6.07) is 16.0. The summed E-state index contributed by atoms with van der Waals surface area (Å²) < 4.78 is 13.9. The highest BCUT2D eigenvalue weighted by molar-refractivity contribution is 5.64. The summed E-state index contributed by atoms with van der Waals surface area (Å²) in [5, 5.41) is 0. The zero-order valence-electron chi connectivity index (χ0n) is 14.9. The average molecular weight is 339 g/mol. The number of halogens is 1. The van der Waals surface area contributed by atoms with Crippen molar-refractivity contribution in [1.29, 1.82) is 0 Å². The van der Waals surface area contributed by atoms with Crippen molar-refractivity contribution in [3.63, 3.8) is 0 Å². The van der Waals surface area contributed by atoms with Gasteiger partial charge in [-0.3, -0.25) is 9.80 Å². The second-order valence-electron chi connectivity index (χ2n) is 7.36. The molecule has 0 radical (unpaired) electrons. The van der Waals surface area contributed by atoms with Crippen molar-refractivity contribution in [2.75, 3.05) is 46.3 Å². The summed E-state index contributed by atoms with van der Waals surface area (Å²) in [7, 11) is 2.22. The molecule has 2 aromatic carbocycles. The van der Waals surface area contributed by atoms with E-state index in [2.05, 4.69) is 33.9 Å². The summed E-state index contributed by atoms with van der Waals surface area (Å²) in [6.45, 7) is 7.98. The summed E-state index contributed by atoms with van der Waals surface area (Å²) in [6.07, 6.45) is 0. The fourth-order valence-corrected chi connectivity index (χ4v) is 4.06. The predicted octanol–water partition coefficient (Wildman–Crippen LogP) is 2.92. The molecule has 2 aliphatic heterocycles. The van der Waals surface area contributed by atoms with Crippen LogP contribution in [-0.2, 0) is 6.54 Å². The molecule has 4 rings (SSSR count). The van der Waals surface area contributed by atoms with Gasteiger partial charge in [-0.15, -0.1) is 0 Å². The highest BCUT2D eigenvalue weighted by atomic mass is 19.1. The summed E-state index contributed by atoms with van der Waals surface area (Å²) in [5.41, 5.74) is 2.92. The molecule has 0 aromatic heterocycles. The number of nitrogens with zero attached hydrogens (tertiary/aromatic N) is 3. The van der Waals surface area contributed by atoms with E-state index in [1.54, 1.807) is 6.07 Å². The molecule has 2 saturated heterocycles. The van der Waals surface area contributed by atoms with Crippen LogP contribution in [0.5, 0.6) is 0 Å². The van der Waals surface area contributed by atoms with Gasteiger partial charge >= 0.3 is 0 Å². The Labute approximate surface area is 149 Å². The molecule has 0 N–H and O–H groups in total. The van der Waals surface area contributed by atoms with Gasteiger partial charge in [-0.25, -0.2) is 4.39 Å². The van der Waals surface area contributed by atoms with Crippen LogP contribution in [0, 0.1) is 5.82 Å². The predicted molar refractivity (Wildman–Crippen MR) is 100.0 cm³/mol. The van der Waals surface area contributed by atoms with E-state index in [0.29, 0.717) is 11.6 Å². The van der Waals surface area contributed by atoms with Crippen molar-refractivity contribution < 1.29 is 4.39 Å². The summed E-state index contributed by atoms with van der Waals surface area (Å²) >= 11 is 0. The average Bonchev–Trinajstić information content (AvgIpc) is 2.63. The van der Waals surface area contributed by atoms with Crippen molar-refractivity contribution in [1.82, 2.24) is 14.7 Å². The van der Waals surface area contributed by atoms with Crippen LogP contribution in [0.25, 0.3) is 11.1 Å². The number of hydrogen-bond acceptors (Lipinski definition) is 3. The molecular weight excluding hydrogens is 313 g/mol. The highest BCUT2D eigenvalue weighted by Gasteiger charge is 2.30. The maximum atomic E-state index is 13.9. The molecule has 0 aliphatic carbocycles. The fourth-order valence-electron chi connectivity index (χ4n) is 4.06. The lowest BCUT2D eigenvalue weighted by Crippen LogP contribution is -2.60. The Morgan fingerprint density at radius 3 is 2.48 bits per heavy atom. The zero-order valence-corrected chi connectivity index (χ0v) is 14.9. The van der Waals surface area contributed by atoms with Crippen LogP contribution >= 0.6 is 0 Å². The molecule has 0 amide bonds. The first-order valence-corrected chi connectivity index (χ1v) is 9.18. The maximum absolute atomic E-state index is 13.9. The second-order valence-corrected chi connectivity index (χ2v) is 7.36. The van der Waals surface area contributed by atoms with Gasteiger partial charge in [0.25, 0.3) is 0 Å². The topological polar surface area (TPSA) is 9.72 Å². The molecule has 4 heteroatoms. The quantitative estimate of drug-likeness (QED) is 0.851. The van der Waals surface area contributed by atoms with Gasteiger partial charge in [0.15, 0.2) is 0 Å². The molecule has 0 spiro atoms. The molecule has 0 bridgehead atoms. The molecule has 132 valence electrons. The minimum atomic E-state index is -0.159. The van der Waals surface area contributed by atoms with Crippen molar-refractivity contribution in [2.45, 2.75) is 12.6 Å². The van der Waals surface area contributed by atoms with Gasteiger partial charge in [-0.05, 0) is 24.2 Å². The second kappa shape index (κ2) is 7.24. The summed E-state index contributed by atoms with van der Waals surface area (Å²) in [4.78, 5) is 7.63. The van der Waals surface area contributed by atoms with E-state index in [9.17, 15) is 4.39 Å². The third-order valence-electron chi connectivity index (χ3n) is 5.53. The number of fused-ring (bicyclic) bond motifs is 1. The molecule has 0 saturated carbocycles. The Morgan fingerprint density at radius 2 is 1.68 bits per heavy atom. The van der Waals surface area contributed by atoms with Gasteiger partial charge in [0.05, 0.1) is 0 Å². The lowest BCUT2D eigenvalue weighted by atomic mass is 10.0. The first-order valence-electron chi connectivity index (χ1n) is 9.18. The number of hydrogen-bond donors (Lipinski definition) is 0. The van der Waals surface area contributed by atoms with Crippen molar-refractivity contribution in [3.8, 4) is 11.1 Å². The normalized spacial score (nSPS) is 22.7. The van der Waals surface area contributed by atoms with Gasteiger partial charge in [-0.1, -0.05) is 42.5 Å². The standard InChI is InChI=1S/C21H26FN3/c1-23-10-12-25-13-11-24(16-19(25)15-23)14-17-6-8-18(9-7-17)20-4-2-3-5-21(20)22/h2-9,19H,10-16H2,1H3/t19-/m0/s1. The van der Waals surface area contributed by atoms with Crippen LogP contribution in [0.1, 0.15) is 5.56 Å². The van der Waals surface area contributed by atoms with E-state index in [4.69, 9.17) is 0 Å². The van der Waals surface area contributed by atoms with E-state index in [1.165, 1.54) is 37.8 Å². The van der Waals surface area contributed by atoms with E-state index >= 15 is 0 Å². The Kier molecular flexibility index (Phi) is 4.84. The van der Waals surface area contributed by atoms with E-state index in [0.717, 1.165) is 25.2 Å². The minimum Gasteiger partial charge on any atom is -0.303 e. The Hall–Kier alpha value is -1.75. The Bertz CT molecular complexity index is 715.